The van der Waals surface area contributed by atoms with Crippen molar-refractivity contribution in [3.05, 3.63) is 68.5 Å². The molecule has 1 heterocycles. The van der Waals surface area contributed by atoms with Crippen LogP contribution in [-0.4, -0.2) is 28.5 Å². The molecule has 0 aliphatic carbocycles. The highest BCUT2D eigenvalue weighted by Crippen LogP contribution is 2.34. The first-order valence-corrected chi connectivity index (χ1v) is 9.27. The number of halogens is 4. The maximum atomic E-state index is 13.6. The third-order valence-electron chi connectivity index (χ3n) is 3.63. The van der Waals surface area contributed by atoms with Crippen molar-refractivity contribution < 1.29 is 23.2 Å². The molecule has 144 valence electrons. The van der Waals surface area contributed by atoms with Crippen LogP contribution in [0.1, 0.15) is 5.56 Å². The fourth-order valence-corrected chi connectivity index (χ4v) is 3.61. The Morgan fingerprint density at radius 3 is 2.57 bits per heavy atom. The first-order valence-electron chi connectivity index (χ1n) is 7.70. The molecule has 2 aromatic rings. The van der Waals surface area contributed by atoms with Gasteiger partial charge in [-0.25, -0.2) is 8.78 Å². The zero-order chi connectivity index (χ0) is 20.4. The molecule has 0 unspecified atom stereocenters. The molecule has 1 N–H and O–H groups in total. The van der Waals surface area contributed by atoms with Gasteiger partial charge in [-0.3, -0.25) is 19.3 Å². The fourth-order valence-electron chi connectivity index (χ4n) is 2.32. The summed E-state index contributed by atoms with van der Waals surface area (Å²) in [7, 11) is 0. The van der Waals surface area contributed by atoms with Crippen LogP contribution < -0.4 is 5.32 Å². The van der Waals surface area contributed by atoms with Gasteiger partial charge in [0, 0.05) is 16.1 Å². The number of nitrogens with zero attached hydrogens (tertiary/aromatic N) is 1. The number of benzene rings is 2. The van der Waals surface area contributed by atoms with Crippen molar-refractivity contribution in [2.45, 2.75) is 0 Å². The predicted octanol–water partition coefficient (Wildman–Crippen LogP) is 4.95. The first kappa shape index (κ1) is 20.3. The largest absolute Gasteiger partial charge is 0.322 e. The highest BCUT2D eigenvalue weighted by atomic mass is 35.5. The van der Waals surface area contributed by atoms with Crippen LogP contribution in [0.15, 0.2) is 41.3 Å². The Bertz CT molecular complexity index is 1030. The Balaban J connectivity index is 1.73. The molecule has 0 aromatic heterocycles. The van der Waals surface area contributed by atoms with Crippen LogP contribution in [-0.2, 0) is 9.59 Å². The number of anilines is 1. The van der Waals surface area contributed by atoms with E-state index < -0.39 is 35.2 Å². The van der Waals surface area contributed by atoms with E-state index in [1.807, 2.05) is 0 Å². The summed E-state index contributed by atoms with van der Waals surface area (Å²) in [5, 5.41) is 2.25. The second-order valence-corrected chi connectivity index (χ2v) is 7.44. The number of hydrogen-bond acceptors (Lipinski definition) is 4. The summed E-state index contributed by atoms with van der Waals surface area (Å²) in [5.74, 6) is -3.26. The Hall–Kier alpha value is -2.42. The average Bonchev–Trinajstić information content (AvgIpc) is 2.87. The molecule has 0 bridgehead atoms. The first-order chi connectivity index (χ1) is 13.2. The molecule has 0 radical (unpaired) electrons. The van der Waals surface area contributed by atoms with Gasteiger partial charge in [0.25, 0.3) is 11.1 Å². The maximum absolute atomic E-state index is 13.6. The number of carbonyl (C=O) groups is 3. The van der Waals surface area contributed by atoms with Crippen molar-refractivity contribution in [1.82, 2.24) is 4.90 Å². The van der Waals surface area contributed by atoms with Gasteiger partial charge in [-0.1, -0.05) is 29.3 Å². The second-order valence-electron chi connectivity index (χ2n) is 5.61. The molecule has 3 amide bonds. The lowest BCUT2D eigenvalue weighted by atomic mass is 10.2. The van der Waals surface area contributed by atoms with Crippen LogP contribution in [0.3, 0.4) is 0 Å². The molecule has 0 saturated carbocycles. The van der Waals surface area contributed by atoms with Gasteiger partial charge in [-0.15, -0.1) is 0 Å². The Labute approximate surface area is 172 Å². The molecule has 1 saturated heterocycles. The van der Waals surface area contributed by atoms with E-state index in [0.29, 0.717) is 33.4 Å². The normalized spacial score (nSPS) is 15.4. The third-order valence-corrected chi connectivity index (χ3v) is 5.10. The minimum atomic E-state index is -0.972. The number of amides is 3. The van der Waals surface area contributed by atoms with E-state index >= 15 is 0 Å². The van der Waals surface area contributed by atoms with Gasteiger partial charge >= 0.3 is 0 Å². The lowest BCUT2D eigenvalue weighted by Gasteiger charge is -2.12. The lowest BCUT2D eigenvalue weighted by molar-refractivity contribution is -0.127. The van der Waals surface area contributed by atoms with E-state index in [1.165, 1.54) is 12.1 Å². The average molecular weight is 443 g/mol. The molecule has 1 fully saturated rings. The Kier molecular flexibility index (Phi) is 6.02. The Morgan fingerprint density at radius 1 is 1.14 bits per heavy atom. The van der Waals surface area contributed by atoms with Crippen LogP contribution in [0, 0.1) is 11.6 Å². The number of carbonyl (C=O) groups excluding carboxylic acids is 3. The topological polar surface area (TPSA) is 66.5 Å². The summed E-state index contributed by atoms with van der Waals surface area (Å²) < 4.78 is 26.5. The molecule has 3 rings (SSSR count). The van der Waals surface area contributed by atoms with E-state index in [0.717, 1.165) is 17.0 Å². The summed E-state index contributed by atoms with van der Waals surface area (Å²) in [4.78, 5) is 37.4. The molecular weight excluding hydrogens is 433 g/mol. The quantitative estimate of drug-likeness (QED) is 0.680. The van der Waals surface area contributed by atoms with E-state index in [2.05, 4.69) is 5.32 Å². The number of rotatable bonds is 4. The van der Waals surface area contributed by atoms with Crippen LogP contribution in [0.2, 0.25) is 10.0 Å². The van der Waals surface area contributed by atoms with Crippen molar-refractivity contribution in [3.63, 3.8) is 0 Å². The molecule has 5 nitrogen and oxygen atoms in total. The van der Waals surface area contributed by atoms with Gasteiger partial charge in [-0.05, 0) is 47.7 Å². The van der Waals surface area contributed by atoms with Crippen molar-refractivity contribution >= 4 is 63.8 Å². The van der Waals surface area contributed by atoms with Crippen molar-refractivity contribution in [2.75, 3.05) is 11.9 Å². The molecule has 0 spiro atoms. The van der Waals surface area contributed by atoms with Crippen LogP contribution in [0.25, 0.3) is 6.08 Å². The minimum absolute atomic E-state index is 0.0787. The van der Waals surface area contributed by atoms with Gasteiger partial charge in [0.05, 0.1) is 10.6 Å². The molecule has 2 aromatic carbocycles. The van der Waals surface area contributed by atoms with Crippen LogP contribution in [0.4, 0.5) is 19.3 Å². The molecule has 10 heteroatoms. The lowest BCUT2D eigenvalue weighted by Crippen LogP contribution is -2.36. The van der Waals surface area contributed by atoms with E-state index in [9.17, 15) is 23.2 Å². The van der Waals surface area contributed by atoms with Gasteiger partial charge in [0.2, 0.25) is 5.91 Å². The van der Waals surface area contributed by atoms with Gasteiger partial charge in [-0.2, -0.15) is 0 Å². The molecule has 1 aliphatic heterocycles. The smallest absolute Gasteiger partial charge is 0.294 e. The fraction of sp³-hybridized carbons (Fsp3) is 0.0556. The van der Waals surface area contributed by atoms with Gasteiger partial charge in [0.1, 0.15) is 18.2 Å². The minimum Gasteiger partial charge on any atom is -0.322 e. The zero-order valence-electron chi connectivity index (χ0n) is 13.8. The summed E-state index contributed by atoms with van der Waals surface area (Å²) >= 11 is 12.5. The summed E-state index contributed by atoms with van der Waals surface area (Å²) in [6.07, 6.45) is 1.42. The number of thioether (sulfide) groups is 1. The van der Waals surface area contributed by atoms with Crippen molar-refractivity contribution in [3.8, 4) is 0 Å². The second kappa shape index (κ2) is 8.30. The standard InChI is InChI=1S/C18H10Cl2F2N2O3S/c19-10-2-1-9(12(20)6-10)5-15-17(26)24(18(27)28-15)8-16(25)23-14-4-3-11(21)7-13(14)22/h1-7H,8H2,(H,23,25)/b15-5+. The molecular formula is C18H10Cl2F2N2O3S. The molecule has 1 aliphatic rings. The maximum Gasteiger partial charge on any atom is 0.294 e. The summed E-state index contributed by atoms with van der Waals surface area (Å²) in [6, 6.07) is 7.27. The van der Waals surface area contributed by atoms with Crippen LogP contribution in [0.5, 0.6) is 0 Å². The number of imide groups is 1. The highest BCUT2D eigenvalue weighted by molar-refractivity contribution is 8.18. The third kappa shape index (κ3) is 4.52. The Morgan fingerprint density at radius 2 is 1.89 bits per heavy atom. The van der Waals surface area contributed by atoms with Crippen molar-refractivity contribution in [2.24, 2.45) is 0 Å². The monoisotopic (exact) mass is 442 g/mol. The van der Waals surface area contributed by atoms with Gasteiger partial charge in [0.15, 0.2) is 0 Å². The van der Waals surface area contributed by atoms with E-state index in [1.54, 1.807) is 12.1 Å². The number of hydrogen-bond donors (Lipinski definition) is 1. The summed E-state index contributed by atoms with van der Waals surface area (Å²) in [5.41, 5.74) is 0.219. The van der Waals surface area contributed by atoms with E-state index in [-0.39, 0.29) is 10.6 Å². The number of nitrogens with one attached hydrogen (secondary N) is 1. The van der Waals surface area contributed by atoms with Crippen LogP contribution >= 0.6 is 35.0 Å². The van der Waals surface area contributed by atoms with E-state index in [4.69, 9.17) is 23.2 Å². The van der Waals surface area contributed by atoms with Gasteiger partial charge < -0.3 is 5.32 Å². The molecule has 28 heavy (non-hydrogen) atoms. The highest BCUT2D eigenvalue weighted by Gasteiger charge is 2.36. The summed E-state index contributed by atoms with van der Waals surface area (Å²) in [6.45, 7) is -0.618. The zero-order valence-corrected chi connectivity index (χ0v) is 16.2. The molecule has 0 atom stereocenters. The van der Waals surface area contributed by atoms with Crippen molar-refractivity contribution in [1.29, 1.82) is 0 Å². The predicted molar refractivity (Wildman–Crippen MR) is 104 cm³/mol. The SMILES string of the molecule is O=C(CN1C(=O)S/C(=C/c2ccc(Cl)cc2Cl)C1=O)Nc1ccc(F)cc1F.